The summed E-state index contributed by atoms with van der Waals surface area (Å²) >= 11 is 0. The molecule has 1 heterocycles. The minimum Gasteiger partial charge on any atom is -0.383 e. The number of hydrogen-bond acceptors (Lipinski definition) is 3. The van der Waals surface area contributed by atoms with Crippen molar-refractivity contribution in [2.75, 3.05) is 26.8 Å². The van der Waals surface area contributed by atoms with Crippen molar-refractivity contribution < 1.29 is 9.53 Å². The van der Waals surface area contributed by atoms with Gasteiger partial charge in [0.25, 0.3) is 0 Å². The van der Waals surface area contributed by atoms with Gasteiger partial charge in [-0.05, 0) is 23.6 Å². The Labute approximate surface area is 137 Å². The number of rotatable bonds is 8. The lowest BCUT2D eigenvalue weighted by molar-refractivity contribution is -0.131. The van der Waals surface area contributed by atoms with Crippen LogP contribution in [-0.4, -0.2) is 47.4 Å². The molecular formula is C18H25N3O2. The van der Waals surface area contributed by atoms with Crippen molar-refractivity contribution in [1.29, 1.82) is 0 Å². The third kappa shape index (κ3) is 5.21. The second-order valence-corrected chi connectivity index (χ2v) is 6.03. The molecule has 1 aromatic carbocycles. The normalized spacial score (nSPS) is 11.0. The summed E-state index contributed by atoms with van der Waals surface area (Å²) < 4.78 is 6.90. The Morgan fingerprint density at radius 2 is 2.04 bits per heavy atom. The van der Waals surface area contributed by atoms with Crippen LogP contribution in [0.5, 0.6) is 0 Å². The second kappa shape index (κ2) is 8.48. The fraction of sp³-hybridized carbons (Fsp3) is 0.444. The average Bonchev–Trinajstić information content (AvgIpc) is 3.00. The molecule has 5 nitrogen and oxygen atoms in total. The van der Waals surface area contributed by atoms with Crippen molar-refractivity contribution in [3.63, 3.8) is 0 Å². The zero-order chi connectivity index (χ0) is 16.7. The number of methoxy groups -OCH3 is 1. The fourth-order valence-electron chi connectivity index (χ4n) is 2.42. The van der Waals surface area contributed by atoms with E-state index in [0.717, 1.165) is 17.8 Å². The van der Waals surface area contributed by atoms with E-state index in [4.69, 9.17) is 4.74 Å². The summed E-state index contributed by atoms with van der Waals surface area (Å²) in [5.41, 5.74) is 1.91. The zero-order valence-corrected chi connectivity index (χ0v) is 14.1. The number of amides is 1. The molecule has 124 valence electrons. The number of benzene rings is 1. The van der Waals surface area contributed by atoms with Gasteiger partial charge in [0.1, 0.15) is 0 Å². The molecule has 2 aromatic rings. The van der Waals surface area contributed by atoms with E-state index in [1.165, 1.54) is 0 Å². The van der Waals surface area contributed by atoms with Gasteiger partial charge < -0.3 is 9.64 Å². The molecule has 0 unspecified atom stereocenters. The van der Waals surface area contributed by atoms with E-state index in [2.05, 4.69) is 18.9 Å². The molecule has 0 radical (unpaired) electrons. The second-order valence-electron chi connectivity index (χ2n) is 6.03. The lowest BCUT2D eigenvalue weighted by Gasteiger charge is -2.24. The molecule has 0 N–H and O–H groups in total. The van der Waals surface area contributed by atoms with Crippen molar-refractivity contribution in [2.45, 2.75) is 20.3 Å². The summed E-state index contributed by atoms with van der Waals surface area (Å²) in [5.74, 6) is 0.547. The monoisotopic (exact) mass is 315 g/mol. The van der Waals surface area contributed by atoms with Crippen LogP contribution in [0.4, 0.5) is 0 Å². The van der Waals surface area contributed by atoms with Gasteiger partial charge in [-0.15, -0.1) is 0 Å². The van der Waals surface area contributed by atoms with Crippen LogP contribution in [0.3, 0.4) is 0 Å². The molecule has 0 spiro atoms. The number of ether oxygens (including phenoxy) is 1. The standard InChI is InChI=1S/C18H25N3O2/c1-15(2)13-20(9-10-23-3)18(22)11-16-12-19-21(14-16)17-7-5-4-6-8-17/h4-8,12,14-15H,9-11,13H2,1-3H3. The first-order chi connectivity index (χ1) is 11.1. The summed E-state index contributed by atoms with van der Waals surface area (Å²) in [6.45, 7) is 6.15. The van der Waals surface area contributed by atoms with Crippen LogP contribution in [0, 0.1) is 5.92 Å². The van der Waals surface area contributed by atoms with Crippen LogP contribution in [0.25, 0.3) is 5.69 Å². The molecule has 1 aromatic heterocycles. The Morgan fingerprint density at radius 3 is 2.70 bits per heavy atom. The van der Waals surface area contributed by atoms with Crippen LogP contribution in [0.15, 0.2) is 42.7 Å². The Hall–Kier alpha value is -2.14. The fourth-order valence-corrected chi connectivity index (χ4v) is 2.42. The van der Waals surface area contributed by atoms with Gasteiger partial charge >= 0.3 is 0 Å². The highest BCUT2D eigenvalue weighted by molar-refractivity contribution is 5.78. The number of nitrogens with zero attached hydrogens (tertiary/aromatic N) is 3. The maximum Gasteiger partial charge on any atom is 0.227 e. The Bertz CT molecular complexity index is 608. The third-order valence-electron chi connectivity index (χ3n) is 3.52. The van der Waals surface area contributed by atoms with Gasteiger partial charge in [-0.25, -0.2) is 4.68 Å². The third-order valence-corrected chi connectivity index (χ3v) is 3.52. The summed E-state index contributed by atoms with van der Waals surface area (Å²) in [6.07, 6.45) is 4.04. The molecule has 23 heavy (non-hydrogen) atoms. The number of carbonyl (C=O) groups is 1. The van der Waals surface area contributed by atoms with E-state index in [1.54, 1.807) is 18.0 Å². The van der Waals surface area contributed by atoms with Gasteiger partial charge in [-0.2, -0.15) is 5.10 Å². The van der Waals surface area contributed by atoms with Crippen LogP contribution < -0.4 is 0 Å². The molecular weight excluding hydrogens is 290 g/mol. The largest absolute Gasteiger partial charge is 0.383 e. The molecule has 2 rings (SSSR count). The maximum atomic E-state index is 12.5. The van der Waals surface area contributed by atoms with E-state index < -0.39 is 0 Å². The van der Waals surface area contributed by atoms with E-state index in [-0.39, 0.29) is 5.91 Å². The topological polar surface area (TPSA) is 47.4 Å². The highest BCUT2D eigenvalue weighted by Gasteiger charge is 2.16. The molecule has 0 aliphatic carbocycles. The number of para-hydroxylation sites is 1. The smallest absolute Gasteiger partial charge is 0.227 e. The average molecular weight is 315 g/mol. The summed E-state index contributed by atoms with van der Waals surface area (Å²) in [6, 6.07) is 9.88. The van der Waals surface area contributed by atoms with Gasteiger partial charge in [0, 0.05) is 26.4 Å². The first kappa shape index (κ1) is 17.2. The Balaban J connectivity index is 2.02. The summed E-state index contributed by atoms with van der Waals surface area (Å²) in [4.78, 5) is 14.4. The van der Waals surface area contributed by atoms with E-state index >= 15 is 0 Å². The van der Waals surface area contributed by atoms with Gasteiger partial charge in [-0.1, -0.05) is 32.0 Å². The minimum atomic E-state index is 0.114. The van der Waals surface area contributed by atoms with Gasteiger partial charge in [0.05, 0.1) is 24.9 Å². The van der Waals surface area contributed by atoms with E-state index in [0.29, 0.717) is 25.5 Å². The SMILES string of the molecule is COCCN(CC(C)C)C(=O)Cc1cnn(-c2ccccc2)c1. The van der Waals surface area contributed by atoms with Crippen molar-refractivity contribution in [3.05, 3.63) is 48.3 Å². The van der Waals surface area contributed by atoms with Crippen molar-refractivity contribution in [1.82, 2.24) is 14.7 Å². The highest BCUT2D eigenvalue weighted by atomic mass is 16.5. The van der Waals surface area contributed by atoms with Crippen molar-refractivity contribution in [2.24, 2.45) is 5.92 Å². The molecule has 0 saturated heterocycles. The van der Waals surface area contributed by atoms with E-state index in [1.807, 2.05) is 41.4 Å². The molecule has 0 aliphatic heterocycles. The molecule has 1 amide bonds. The first-order valence-electron chi connectivity index (χ1n) is 7.96. The van der Waals surface area contributed by atoms with Gasteiger partial charge in [-0.3, -0.25) is 4.79 Å². The lowest BCUT2D eigenvalue weighted by atomic mass is 10.1. The van der Waals surface area contributed by atoms with Crippen LogP contribution >= 0.6 is 0 Å². The van der Waals surface area contributed by atoms with Crippen molar-refractivity contribution >= 4 is 5.91 Å². The molecule has 0 aliphatic rings. The predicted molar refractivity (Wildman–Crippen MR) is 90.6 cm³/mol. The summed E-state index contributed by atoms with van der Waals surface area (Å²) in [5, 5.41) is 4.34. The highest BCUT2D eigenvalue weighted by Crippen LogP contribution is 2.10. The predicted octanol–water partition coefficient (Wildman–Crippen LogP) is 2.55. The molecule has 0 atom stereocenters. The van der Waals surface area contributed by atoms with Crippen LogP contribution in [0.1, 0.15) is 19.4 Å². The van der Waals surface area contributed by atoms with Gasteiger partial charge in [0.2, 0.25) is 5.91 Å². The number of hydrogen-bond donors (Lipinski definition) is 0. The summed E-state index contributed by atoms with van der Waals surface area (Å²) in [7, 11) is 1.65. The molecule has 0 bridgehead atoms. The van der Waals surface area contributed by atoms with Crippen LogP contribution in [-0.2, 0) is 16.0 Å². The van der Waals surface area contributed by atoms with Crippen LogP contribution in [0.2, 0.25) is 0 Å². The number of carbonyl (C=O) groups excluding carboxylic acids is 1. The Kier molecular flexibility index (Phi) is 6.35. The van der Waals surface area contributed by atoms with Crippen molar-refractivity contribution in [3.8, 4) is 5.69 Å². The molecule has 5 heteroatoms. The van der Waals surface area contributed by atoms with E-state index in [9.17, 15) is 4.79 Å². The lowest BCUT2D eigenvalue weighted by Crippen LogP contribution is -2.37. The quantitative estimate of drug-likeness (QED) is 0.752. The molecule has 0 fully saturated rings. The maximum absolute atomic E-state index is 12.5. The minimum absolute atomic E-state index is 0.114. The molecule has 0 saturated carbocycles. The zero-order valence-electron chi connectivity index (χ0n) is 14.1. The number of aromatic nitrogens is 2. The van der Waals surface area contributed by atoms with Gasteiger partial charge in [0.15, 0.2) is 0 Å². The first-order valence-corrected chi connectivity index (χ1v) is 7.96. The Morgan fingerprint density at radius 1 is 1.30 bits per heavy atom.